The molecule has 19 heavy (non-hydrogen) atoms. The molecule has 0 spiro atoms. The minimum absolute atomic E-state index is 0.362. The molecule has 1 aliphatic carbocycles. The number of hydrogen-bond acceptors (Lipinski definition) is 5. The molecule has 3 N–H and O–H groups in total. The lowest BCUT2D eigenvalue weighted by Gasteiger charge is -2.40. The highest BCUT2D eigenvalue weighted by Gasteiger charge is 2.36. The zero-order valence-electron chi connectivity index (χ0n) is 12.0. The second-order valence-electron chi connectivity index (χ2n) is 6.26. The summed E-state index contributed by atoms with van der Waals surface area (Å²) in [6.45, 7) is 5.08. The second kappa shape index (κ2) is 5.33. The molecule has 0 unspecified atom stereocenters. The molecule has 0 aliphatic heterocycles. The average molecular weight is 264 g/mol. The van der Waals surface area contributed by atoms with Gasteiger partial charge >= 0.3 is 0 Å². The summed E-state index contributed by atoms with van der Waals surface area (Å²) in [5, 5.41) is 16.7. The smallest absolute Gasteiger partial charge is 0.224 e. The van der Waals surface area contributed by atoms with E-state index in [4.69, 9.17) is 0 Å². The van der Waals surface area contributed by atoms with Crippen LogP contribution in [0.15, 0.2) is 12.3 Å². The van der Waals surface area contributed by atoms with Crippen molar-refractivity contribution in [3.63, 3.8) is 0 Å². The molecule has 5 heteroatoms. The van der Waals surface area contributed by atoms with Gasteiger partial charge in [0.15, 0.2) is 0 Å². The van der Waals surface area contributed by atoms with Gasteiger partial charge in [-0.3, -0.25) is 0 Å². The molecular formula is C14H24N4O. The maximum absolute atomic E-state index is 10.6. The van der Waals surface area contributed by atoms with Gasteiger partial charge in [-0.25, -0.2) is 4.98 Å². The van der Waals surface area contributed by atoms with Crippen LogP contribution in [0.4, 0.5) is 11.8 Å². The van der Waals surface area contributed by atoms with Crippen LogP contribution in [-0.2, 0) is 0 Å². The van der Waals surface area contributed by atoms with E-state index in [1.54, 1.807) is 13.2 Å². The summed E-state index contributed by atoms with van der Waals surface area (Å²) in [6, 6.07) is 1.82. The van der Waals surface area contributed by atoms with Crippen LogP contribution in [0.1, 0.15) is 39.5 Å². The van der Waals surface area contributed by atoms with Gasteiger partial charge in [-0.15, -0.1) is 0 Å². The Morgan fingerprint density at radius 1 is 1.26 bits per heavy atom. The molecule has 106 valence electrons. The van der Waals surface area contributed by atoms with Gasteiger partial charge in [0.1, 0.15) is 5.82 Å². The highest BCUT2D eigenvalue weighted by atomic mass is 16.3. The summed E-state index contributed by atoms with van der Waals surface area (Å²) in [7, 11) is 1.79. The standard InChI is InChI=1S/C14H24N4O/c1-13(2)5-7-14(19,8-6-13)10-17-11-4-9-16-12(15-3)18-11/h4,9,19H,5-8,10H2,1-3H3,(H2,15,16,17,18). The van der Waals surface area contributed by atoms with Gasteiger partial charge in [-0.05, 0) is 37.2 Å². The van der Waals surface area contributed by atoms with E-state index in [0.717, 1.165) is 31.5 Å². The van der Waals surface area contributed by atoms with Gasteiger partial charge in [-0.2, -0.15) is 4.98 Å². The zero-order valence-corrected chi connectivity index (χ0v) is 12.0. The average Bonchev–Trinajstić information content (AvgIpc) is 2.41. The number of nitrogens with one attached hydrogen (secondary N) is 2. The predicted molar refractivity (Wildman–Crippen MR) is 77.3 cm³/mol. The summed E-state index contributed by atoms with van der Waals surface area (Å²) in [5.74, 6) is 1.33. The van der Waals surface area contributed by atoms with Gasteiger partial charge in [0.05, 0.1) is 5.60 Å². The van der Waals surface area contributed by atoms with Crippen LogP contribution in [-0.4, -0.2) is 34.3 Å². The van der Waals surface area contributed by atoms with E-state index >= 15 is 0 Å². The number of hydrogen-bond donors (Lipinski definition) is 3. The van der Waals surface area contributed by atoms with Crippen molar-refractivity contribution < 1.29 is 5.11 Å². The van der Waals surface area contributed by atoms with E-state index in [2.05, 4.69) is 34.4 Å². The fraction of sp³-hybridized carbons (Fsp3) is 0.714. The van der Waals surface area contributed by atoms with Crippen LogP contribution < -0.4 is 10.6 Å². The third-order valence-electron chi connectivity index (χ3n) is 4.01. The Kier molecular flexibility index (Phi) is 3.94. The molecule has 1 saturated carbocycles. The molecule has 0 bridgehead atoms. The van der Waals surface area contributed by atoms with Crippen molar-refractivity contribution in [2.45, 2.75) is 45.1 Å². The molecule has 0 saturated heterocycles. The molecule has 1 aromatic rings. The summed E-state index contributed by atoms with van der Waals surface area (Å²) >= 11 is 0. The Bertz CT molecular complexity index is 423. The van der Waals surface area contributed by atoms with E-state index < -0.39 is 5.60 Å². The topological polar surface area (TPSA) is 70.1 Å². The normalized spacial score (nSPS) is 20.8. The molecule has 0 aromatic carbocycles. The van der Waals surface area contributed by atoms with Crippen molar-refractivity contribution >= 4 is 11.8 Å². The Morgan fingerprint density at radius 2 is 1.95 bits per heavy atom. The minimum atomic E-state index is -0.611. The Labute approximate surface area is 114 Å². The third-order valence-corrected chi connectivity index (χ3v) is 4.01. The molecule has 1 fully saturated rings. The van der Waals surface area contributed by atoms with E-state index in [9.17, 15) is 5.11 Å². The maximum Gasteiger partial charge on any atom is 0.224 e. The summed E-state index contributed by atoms with van der Waals surface area (Å²) in [6.07, 6.45) is 5.52. The monoisotopic (exact) mass is 264 g/mol. The number of anilines is 2. The van der Waals surface area contributed by atoms with Gasteiger partial charge in [0, 0.05) is 19.8 Å². The highest BCUT2D eigenvalue weighted by molar-refractivity contribution is 5.39. The molecule has 2 rings (SSSR count). The van der Waals surface area contributed by atoms with Crippen molar-refractivity contribution in [2.75, 3.05) is 24.2 Å². The molecule has 1 heterocycles. The van der Waals surface area contributed by atoms with Crippen LogP contribution >= 0.6 is 0 Å². The fourth-order valence-corrected chi connectivity index (χ4v) is 2.40. The van der Waals surface area contributed by atoms with Crippen molar-refractivity contribution in [3.8, 4) is 0 Å². The maximum atomic E-state index is 10.6. The Morgan fingerprint density at radius 3 is 2.58 bits per heavy atom. The van der Waals surface area contributed by atoms with Crippen LogP contribution in [0.2, 0.25) is 0 Å². The van der Waals surface area contributed by atoms with Crippen molar-refractivity contribution in [1.29, 1.82) is 0 Å². The van der Waals surface area contributed by atoms with Gasteiger partial charge < -0.3 is 15.7 Å². The van der Waals surface area contributed by atoms with Gasteiger partial charge in [0.2, 0.25) is 5.95 Å². The van der Waals surface area contributed by atoms with Crippen LogP contribution in [0, 0.1) is 5.41 Å². The fourth-order valence-electron chi connectivity index (χ4n) is 2.40. The number of aliphatic hydroxyl groups is 1. The first-order valence-corrected chi connectivity index (χ1v) is 6.90. The third kappa shape index (κ3) is 3.80. The second-order valence-corrected chi connectivity index (χ2v) is 6.26. The number of nitrogens with zero attached hydrogens (tertiary/aromatic N) is 2. The first-order valence-electron chi connectivity index (χ1n) is 6.90. The summed E-state index contributed by atoms with van der Waals surface area (Å²) < 4.78 is 0. The van der Waals surface area contributed by atoms with Crippen molar-refractivity contribution in [1.82, 2.24) is 9.97 Å². The highest BCUT2D eigenvalue weighted by Crippen LogP contribution is 2.40. The number of rotatable bonds is 4. The van der Waals surface area contributed by atoms with E-state index in [1.807, 2.05) is 6.07 Å². The van der Waals surface area contributed by atoms with E-state index in [0.29, 0.717) is 17.9 Å². The zero-order chi connectivity index (χ0) is 13.9. The molecule has 5 nitrogen and oxygen atoms in total. The van der Waals surface area contributed by atoms with Gasteiger partial charge in [0.25, 0.3) is 0 Å². The van der Waals surface area contributed by atoms with Crippen LogP contribution in [0.5, 0.6) is 0 Å². The molecule has 1 aliphatic rings. The Hall–Kier alpha value is -1.36. The summed E-state index contributed by atoms with van der Waals surface area (Å²) in [4.78, 5) is 8.36. The molecule has 0 amide bonds. The molecule has 0 radical (unpaired) electrons. The Balaban J connectivity index is 1.91. The first-order chi connectivity index (χ1) is 8.92. The number of aromatic nitrogens is 2. The van der Waals surface area contributed by atoms with Crippen molar-refractivity contribution in [3.05, 3.63) is 12.3 Å². The van der Waals surface area contributed by atoms with Crippen molar-refractivity contribution in [2.24, 2.45) is 5.41 Å². The SMILES string of the molecule is CNc1nccc(NCC2(O)CCC(C)(C)CC2)n1. The van der Waals surface area contributed by atoms with Gasteiger partial charge in [-0.1, -0.05) is 13.8 Å². The van der Waals surface area contributed by atoms with E-state index in [-0.39, 0.29) is 0 Å². The minimum Gasteiger partial charge on any atom is -0.388 e. The first kappa shape index (κ1) is 14.1. The molecule has 0 atom stereocenters. The lowest BCUT2D eigenvalue weighted by molar-refractivity contribution is -0.0145. The molecule has 1 aromatic heterocycles. The quantitative estimate of drug-likeness (QED) is 0.778. The van der Waals surface area contributed by atoms with E-state index in [1.165, 1.54) is 0 Å². The lowest BCUT2D eigenvalue weighted by atomic mass is 9.71. The van der Waals surface area contributed by atoms with Crippen LogP contribution in [0.25, 0.3) is 0 Å². The molecular weight excluding hydrogens is 240 g/mol. The lowest BCUT2D eigenvalue weighted by Crippen LogP contribution is -2.42. The predicted octanol–water partition coefficient (Wildman–Crippen LogP) is 2.26. The largest absolute Gasteiger partial charge is 0.388 e. The summed E-state index contributed by atoms with van der Waals surface area (Å²) in [5.41, 5.74) is -0.249. The van der Waals surface area contributed by atoms with Crippen LogP contribution in [0.3, 0.4) is 0 Å².